The lowest BCUT2D eigenvalue weighted by Gasteiger charge is -2.22. The third-order valence-electron chi connectivity index (χ3n) is 3.58. The van der Waals surface area contributed by atoms with Crippen molar-refractivity contribution in [1.82, 2.24) is 4.90 Å². The van der Waals surface area contributed by atoms with Crippen LogP contribution in [0.15, 0.2) is 41.8 Å². The van der Waals surface area contributed by atoms with E-state index in [4.69, 9.17) is 4.18 Å². The van der Waals surface area contributed by atoms with E-state index in [-0.39, 0.29) is 11.7 Å². The standard InChI is InChI=1S/C18H23NO4S2/c1-3-4-11-19(18(20)13-17-6-5-12-24-17)14-15-7-9-16(10-8-15)23-25(2,21)22/h5-10,12H,3-4,11,13-14H2,1-2H3. The molecule has 5 nitrogen and oxygen atoms in total. The van der Waals surface area contributed by atoms with Gasteiger partial charge in [-0.2, -0.15) is 8.42 Å². The molecule has 1 aromatic carbocycles. The first kappa shape index (κ1) is 19.5. The van der Waals surface area contributed by atoms with Gasteiger partial charge in [-0.1, -0.05) is 31.5 Å². The molecule has 0 N–H and O–H groups in total. The number of thiophene rings is 1. The quantitative estimate of drug-likeness (QED) is 0.624. The minimum absolute atomic E-state index is 0.104. The van der Waals surface area contributed by atoms with Crippen molar-refractivity contribution >= 4 is 27.4 Å². The van der Waals surface area contributed by atoms with Crippen LogP contribution in [0.25, 0.3) is 0 Å². The van der Waals surface area contributed by atoms with E-state index in [2.05, 4.69) is 6.92 Å². The molecule has 136 valence electrons. The van der Waals surface area contributed by atoms with Gasteiger partial charge in [-0.05, 0) is 35.6 Å². The van der Waals surface area contributed by atoms with E-state index in [0.29, 0.717) is 19.5 Å². The van der Waals surface area contributed by atoms with Gasteiger partial charge in [-0.25, -0.2) is 0 Å². The molecular formula is C18H23NO4S2. The molecule has 1 heterocycles. The summed E-state index contributed by atoms with van der Waals surface area (Å²) in [5.74, 6) is 0.378. The van der Waals surface area contributed by atoms with Crippen LogP contribution in [0.5, 0.6) is 5.75 Å². The van der Waals surface area contributed by atoms with Crippen LogP contribution < -0.4 is 4.18 Å². The highest BCUT2D eigenvalue weighted by molar-refractivity contribution is 7.86. The molecule has 0 saturated carbocycles. The summed E-state index contributed by atoms with van der Waals surface area (Å²) in [6, 6.07) is 10.7. The van der Waals surface area contributed by atoms with E-state index < -0.39 is 10.1 Å². The Bertz CT molecular complexity index is 768. The van der Waals surface area contributed by atoms with E-state index in [1.165, 1.54) is 0 Å². The lowest BCUT2D eigenvalue weighted by Crippen LogP contribution is -2.32. The summed E-state index contributed by atoms with van der Waals surface area (Å²) in [6.07, 6.45) is 3.39. The van der Waals surface area contributed by atoms with Gasteiger partial charge < -0.3 is 9.08 Å². The molecule has 2 rings (SSSR count). The molecule has 1 amide bonds. The fourth-order valence-electron chi connectivity index (χ4n) is 2.36. The second-order valence-corrected chi connectivity index (χ2v) is 8.46. The van der Waals surface area contributed by atoms with Crippen LogP contribution in [-0.2, 0) is 27.9 Å². The third-order valence-corrected chi connectivity index (χ3v) is 4.96. The normalized spacial score (nSPS) is 11.3. The lowest BCUT2D eigenvalue weighted by atomic mass is 10.2. The van der Waals surface area contributed by atoms with Crippen molar-refractivity contribution in [2.45, 2.75) is 32.7 Å². The molecule has 2 aromatic rings. The van der Waals surface area contributed by atoms with E-state index in [9.17, 15) is 13.2 Å². The SMILES string of the molecule is CCCCN(Cc1ccc(OS(C)(=O)=O)cc1)C(=O)Cc1cccs1. The van der Waals surface area contributed by atoms with Gasteiger partial charge >= 0.3 is 10.1 Å². The van der Waals surface area contributed by atoms with Crippen LogP contribution in [0, 0.1) is 0 Å². The highest BCUT2D eigenvalue weighted by Crippen LogP contribution is 2.17. The Kier molecular flexibility index (Phi) is 7.01. The van der Waals surface area contributed by atoms with Crippen LogP contribution in [0.3, 0.4) is 0 Å². The average molecular weight is 382 g/mol. The monoisotopic (exact) mass is 381 g/mol. The Hall–Kier alpha value is -1.86. The maximum atomic E-state index is 12.6. The van der Waals surface area contributed by atoms with Crippen LogP contribution in [0.4, 0.5) is 0 Å². The summed E-state index contributed by atoms with van der Waals surface area (Å²) in [5, 5.41) is 1.97. The molecule has 0 unspecified atom stereocenters. The van der Waals surface area contributed by atoms with Crippen LogP contribution in [0.1, 0.15) is 30.2 Å². The van der Waals surface area contributed by atoms with Crippen molar-refractivity contribution < 1.29 is 17.4 Å². The Balaban J connectivity index is 2.04. The molecule has 0 saturated heterocycles. The molecular weight excluding hydrogens is 358 g/mol. The topological polar surface area (TPSA) is 63.7 Å². The molecule has 7 heteroatoms. The summed E-state index contributed by atoms with van der Waals surface area (Å²) in [5.41, 5.74) is 0.941. The van der Waals surface area contributed by atoms with Crippen molar-refractivity contribution in [2.24, 2.45) is 0 Å². The van der Waals surface area contributed by atoms with E-state index in [0.717, 1.165) is 29.5 Å². The van der Waals surface area contributed by atoms with Crippen LogP contribution in [0.2, 0.25) is 0 Å². The molecule has 1 aromatic heterocycles. The van der Waals surface area contributed by atoms with Gasteiger partial charge in [0.1, 0.15) is 5.75 Å². The maximum Gasteiger partial charge on any atom is 0.306 e. The zero-order valence-corrected chi connectivity index (χ0v) is 16.1. The van der Waals surface area contributed by atoms with Gasteiger partial charge in [0.15, 0.2) is 0 Å². The predicted octanol–water partition coefficient (Wildman–Crippen LogP) is 3.46. The molecule has 0 aliphatic heterocycles. The average Bonchev–Trinajstić information content (AvgIpc) is 3.04. The fraction of sp³-hybridized carbons (Fsp3) is 0.389. The molecule has 0 spiro atoms. The molecule has 0 fully saturated rings. The highest BCUT2D eigenvalue weighted by Gasteiger charge is 2.15. The van der Waals surface area contributed by atoms with Crippen molar-refractivity contribution in [2.75, 3.05) is 12.8 Å². The third kappa shape index (κ3) is 6.88. The Morgan fingerprint density at radius 3 is 2.48 bits per heavy atom. The minimum Gasteiger partial charge on any atom is -0.383 e. The maximum absolute atomic E-state index is 12.6. The zero-order chi connectivity index (χ0) is 18.3. The Morgan fingerprint density at radius 2 is 1.92 bits per heavy atom. The number of carbonyl (C=O) groups excluding carboxylic acids is 1. The molecule has 0 bridgehead atoms. The van der Waals surface area contributed by atoms with E-state index in [1.54, 1.807) is 35.6 Å². The van der Waals surface area contributed by atoms with Crippen molar-refractivity contribution in [3.63, 3.8) is 0 Å². The zero-order valence-electron chi connectivity index (χ0n) is 14.5. The summed E-state index contributed by atoms with van der Waals surface area (Å²) >= 11 is 1.59. The number of hydrogen-bond acceptors (Lipinski definition) is 5. The first-order chi connectivity index (χ1) is 11.9. The first-order valence-electron chi connectivity index (χ1n) is 8.16. The summed E-state index contributed by atoms with van der Waals surface area (Å²) in [7, 11) is -3.53. The first-order valence-corrected chi connectivity index (χ1v) is 10.9. The van der Waals surface area contributed by atoms with Gasteiger partial charge in [0.2, 0.25) is 5.91 Å². The molecule has 0 atom stereocenters. The molecule has 0 aliphatic carbocycles. The number of unbranched alkanes of at least 4 members (excludes halogenated alkanes) is 1. The van der Waals surface area contributed by atoms with Gasteiger partial charge in [-0.3, -0.25) is 4.79 Å². The second-order valence-electron chi connectivity index (χ2n) is 5.86. The van der Waals surface area contributed by atoms with E-state index >= 15 is 0 Å². The van der Waals surface area contributed by atoms with E-state index in [1.807, 2.05) is 22.4 Å². The second kappa shape index (κ2) is 9.01. The smallest absolute Gasteiger partial charge is 0.306 e. The molecule has 0 aliphatic rings. The minimum atomic E-state index is -3.53. The highest BCUT2D eigenvalue weighted by atomic mass is 32.2. The van der Waals surface area contributed by atoms with Gasteiger partial charge in [-0.15, -0.1) is 11.3 Å². The van der Waals surface area contributed by atoms with Crippen LogP contribution >= 0.6 is 11.3 Å². The number of hydrogen-bond donors (Lipinski definition) is 0. The number of amides is 1. The summed E-state index contributed by atoms with van der Waals surface area (Å²) < 4.78 is 27.1. The largest absolute Gasteiger partial charge is 0.383 e. The number of nitrogens with zero attached hydrogens (tertiary/aromatic N) is 1. The predicted molar refractivity (Wildman–Crippen MR) is 100 cm³/mol. The van der Waals surface area contributed by atoms with Crippen molar-refractivity contribution in [3.8, 4) is 5.75 Å². The number of benzene rings is 1. The van der Waals surface area contributed by atoms with Crippen molar-refractivity contribution in [3.05, 3.63) is 52.2 Å². The Morgan fingerprint density at radius 1 is 1.20 bits per heavy atom. The van der Waals surface area contributed by atoms with Crippen molar-refractivity contribution in [1.29, 1.82) is 0 Å². The summed E-state index contributed by atoms with van der Waals surface area (Å²) in [6.45, 7) is 3.31. The number of carbonyl (C=O) groups is 1. The number of rotatable bonds is 9. The van der Waals surface area contributed by atoms with Crippen LogP contribution in [-0.4, -0.2) is 32.0 Å². The summed E-state index contributed by atoms with van der Waals surface area (Å²) in [4.78, 5) is 15.5. The fourth-order valence-corrected chi connectivity index (χ4v) is 3.52. The van der Waals surface area contributed by atoms with Gasteiger partial charge in [0, 0.05) is 18.0 Å². The molecule has 25 heavy (non-hydrogen) atoms. The molecule has 0 radical (unpaired) electrons. The van der Waals surface area contributed by atoms with Gasteiger partial charge in [0.25, 0.3) is 0 Å². The Labute approximate surface area is 153 Å². The lowest BCUT2D eigenvalue weighted by molar-refractivity contribution is -0.131. The van der Waals surface area contributed by atoms with Gasteiger partial charge in [0.05, 0.1) is 12.7 Å².